The van der Waals surface area contributed by atoms with Crippen molar-refractivity contribution in [3.05, 3.63) is 132 Å². The van der Waals surface area contributed by atoms with Crippen LogP contribution in [0.4, 0.5) is 0 Å². The molecule has 0 amide bonds. The molecule has 0 saturated carbocycles. The molecule has 0 fully saturated rings. The summed E-state index contributed by atoms with van der Waals surface area (Å²) in [5, 5.41) is 13.5. The van der Waals surface area contributed by atoms with Gasteiger partial charge in [-0.3, -0.25) is 0 Å². The molecule has 0 aliphatic rings. The Morgan fingerprint density at radius 2 is 1.03 bits per heavy atom. The maximum absolute atomic E-state index is 14.4. The molecule has 0 spiro atoms. The molecule has 1 atom stereocenters. The summed E-state index contributed by atoms with van der Waals surface area (Å²) >= 11 is 0. The minimum absolute atomic E-state index is 0.388. The van der Waals surface area contributed by atoms with Crippen LogP contribution in [0.25, 0.3) is 0 Å². The standard InChI is InChI=1S/C28H27O2P/c29-28(25-15-7-2-8-16-25,23-24-13-5-1-6-14-24)21-22-31(30,26-17-9-3-10-18-26)27-19-11-4-12-20-27/h1-20,29H,21-23H2. The molecule has 1 unspecified atom stereocenters. The van der Waals surface area contributed by atoms with Crippen LogP contribution in [-0.2, 0) is 16.6 Å². The van der Waals surface area contributed by atoms with E-state index in [-0.39, 0.29) is 0 Å². The third kappa shape index (κ3) is 4.88. The number of hydrogen-bond donors (Lipinski definition) is 1. The Morgan fingerprint density at radius 3 is 1.52 bits per heavy atom. The first-order chi connectivity index (χ1) is 15.1. The second-order valence-corrected chi connectivity index (χ2v) is 10.9. The highest BCUT2D eigenvalue weighted by atomic mass is 31.2. The van der Waals surface area contributed by atoms with Gasteiger partial charge in [0.1, 0.15) is 7.14 Å². The van der Waals surface area contributed by atoms with Crippen LogP contribution in [0.1, 0.15) is 17.5 Å². The molecule has 3 heteroatoms. The molecule has 0 radical (unpaired) electrons. The fourth-order valence-corrected chi connectivity index (χ4v) is 6.91. The lowest BCUT2D eigenvalue weighted by Gasteiger charge is -2.31. The van der Waals surface area contributed by atoms with Gasteiger partial charge in [-0.15, -0.1) is 0 Å². The lowest BCUT2D eigenvalue weighted by atomic mass is 9.85. The predicted molar refractivity (Wildman–Crippen MR) is 130 cm³/mol. The first-order valence-electron chi connectivity index (χ1n) is 10.6. The van der Waals surface area contributed by atoms with Gasteiger partial charge in [0.25, 0.3) is 0 Å². The minimum Gasteiger partial charge on any atom is -0.385 e. The summed E-state index contributed by atoms with van der Waals surface area (Å²) in [6, 6.07) is 39.1. The highest BCUT2D eigenvalue weighted by Crippen LogP contribution is 2.46. The molecule has 4 aromatic rings. The Kier molecular flexibility index (Phi) is 6.51. The Labute approximate surface area is 184 Å². The normalized spacial score (nSPS) is 13.5. The maximum Gasteiger partial charge on any atom is 0.143 e. The molecule has 156 valence electrons. The number of hydrogen-bond acceptors (Lipinski definition) is 2. The Hall–Kier alpha value is -2.93. The van der Waals surface area contributed by atoms with Crippen LogP contribution in [0.15, 0.2) is 121 Å². The fourth-order valence-electron chi connectivity index (χ4n) is 4.10. The molecule has 31 heavy (non-hydrogen) atoms. The van der Waals surface area contributed by atoms with E-state index in [9.17, 15) is 9.67 Å². The molecule has 0 bridgehead atoms. The van der Waals surface area contributed by atoms with E-state index in [4.69, 9.17) is 0 Å². The fraction of sp³-hybridized carbons (Fsp3) is 0.143. The van der Waals surface area contributed by atoms with E-state index in [1.54, 1.807) is 0 Å². The van der Waals surface area contributed by atoms with Crippen LogP contribution in [0.2, 0.25) is 0 Å². The molecule has 1 N–H and O–H groups in total. The summed E-state index contributed by atoms with van der Waals surface area (Å²) in [6.45, 7) is 0. The van der Waals surface area contributed by atoms with Gasteiger partial charge in [-0.1, -0.05) is 121 Å². The van der Waals surface area contributed by atoms with Crippen molar-refractivity contribution < 1.29 is 9.67 Å². The van der Waals surface area contributed by atoms with Gasteiger partial charge in [0, 0.05) is 23.2 Å². The van der Waals surface area contributed by atoms with Gasteiger partial charge in [-0.05, 0) is 17.5 Å². The van der Waals surface area contributed by atoms with Crippen LogP contribution < -0.4 is 10.6 Å². The number of aliphatic hydroxyl groups is 1. The molecule has 0 aromatic heterocycles. The molecule has 4 rings (SSSR count). The summed E-state index contributed by atoms with van der Waals surface area (Å²) in [4.78, 5) is 0. The SMILES string of the molecule is O=P(CCC(O)(Cc1ccccc1)c1ccccc1)(c1ccccc1)c1ccccc1. The smallest absolute Gasteiger partial charge is 0.143 e. The first kappa shape index (κ1) is 21.3. The third-order valence-electron chi connectivity index (χ3n) is 5.84. The Morgan fingerprint density at radius 1 is 0.613 bits per heavy atom. The van der Waals surface area contributed by atoms with E-state index in [1.165, 1.54) is 0 Å². The van der Waals surface area contributed by atoms with Crippen LogP contribution in [0.5, 0.6) is 0 Å². The zero-order valence-electron chi connectivity index (χ0n) is 17.5. The molecule has 2 nitrogen and oxygen atoms in total. The van der Waals surface area contributed by atoms with E-state index in [1.807, 2.05) is 121 Å². The predicted octanol–water partition coefficient (Wildman–Crippen LogP) is 5.52. The average Bonchev–Trinajstić information content (AvgIpc) is 2.85. The maximum atomic E-state index is 14.4. The van der Waals surface area contributed by atoms with Crippen molar-refractivity contribution in [1.29, 1.82) is 0 Å². The molecular weight excluding hydrogens is 399 g/mol. The van der Waals surface area contributed by atoms with Gasteiger partial charge in [0.2, 0.25) is 0 Å². The van der Waals surface area contributed by atoms with Crippen molar-refractivity contribution >= 4 is 17.8 Å². The Bertz CT molecular complexity index is 1090. The lowest BCUT2D eigenvalue weighted by Crippen LogP contribution is -2.31. The second kappa shape index (κ2) is 9.47. The molecular formula is C28H27O2P. The van der Waals surface area contributed by atoms with Gasteiger partial charge >= 0.3 is 0 Å². The summed E-state index contributed by atoms with van der Waals surface area (Å²) in [5.74, 6) is 0. The van der Waals surface area contributed by atoms with Gasteiger partial charge in [0.15, 0.2) is 0 Å². The monoisotopic (exact) mass is 426 g/mol. The van der Waals surface area contributed by atoms with Gasteiger partial charge in [-0.2, -0.15) is 0 Å². The van der Waals surface area contributed by atoms with Crippen LogP contribution >= 0.6 is 7.14 Å². The van der Waals surface area contributed by atoms with Crippen LogP contribution in [0, 0.1) is 0 Å². The topological polar surface area (TPSA) is 37.3 Å². The van der Waals surface area contributed by atoms with Crippen LogP contribution in [0.3, 0.4) is 0 Å². The molecule has 4 aromatic carbocycles. The molecule has 0 aliphatic heterocycles. The van der Waals surface area contributed by atoms with Crippen molar-refractivity contribution in [2.75, 3.05) is 6.16 Å². The minimum atomic E-state index is -2.91. The van der Waals surface area contributed by atoms with E-state index < -0.39 is 12.7 Å². The van der Waals surface area contributed by atoms with Crippen molar-refractivity contribution in [1.82, 2.24) is 0 Å². The third-order valence-corrected chi connectivity index (χ3v) is 8.96. The van der Waals surface area contributed by atoms with Crippen molar-refractivity contribution in [2.24, 2.45) is 0 Å². The zero-order chi connectivity index (χ0) is 21.6. The van der Waals surface area contributed by atoms with Crippen molar-refractivity contribution in [2.45, 2.75) is 18.4 Å². The van der Waals surface area contributed by atoms with E-state index >= 15 is 0 Å². The van der Waals surface area contributed by atoms with E-state index in [0.29, 0.717) is 19.0 Å². The van der Waals surface area contributed by atoms with Gasteiger partial charge in [-0.25, -0.2) is 0 Å². The molecule has 0 aliphatic carbocycles. The summed E-state index contributed by atoms with van der Waals surface area (Å²) in [6.07, 6.45) is 1.26. The second-order valence-electron chi connectivity index (χ2n) is 7.94. The van der Waals surface area contributed by atoms with E-state index in [2.05, 4.69) is 0 Å². The highest BCUT2D eigenvalue weighted by Gasteiger charge is 2.35. The number of rotatable bonds is 8. The summed E-state index contributed by atoms with van der Waals surface area (Å²) in [5.41, 5.74) is 0.802. The zero-order valence-corrected chi connectivity index (χ0v) is 18.4. The summed E-state index contributed by atoms with van der Waals surface area (Å²) < 4.78 is 14.4. The summed E-state index contributed by atoms with van der Waals surface area (Å²) in [7, 11) is -2.91. The molecule has 0 saturated heterocycles. The highest BCUT2D eigenvalue weighted by molar-refractivity contribution is 7.78. The van der Waals surface area contributed by atoms with Crippen LogP contribution in [-0.4, -0.2) is 11.3 Å². The van der Waals surface area contributed by atoms with Crippen molar-refractivity contribution in [3.63, 3.8) is 0 Å². The average molecular weight is 426 g/mol. The van der Waals surface area contributed by atoms with E-state index in [0.717, 1.165) is 21.7 Å². The Balaban J connectivity index is 1.71. The lowest BCUT2D eigenvalue weighted by molar-refractivity contribution is 0.0335. The first-order valence-corrected chi connectivity index (χ1v) is 12.5. The largest absolute Gasteiger partial charge is 0.385 e. The van der Waals surface area contributed by atoms with Gasteiger partial charge in [0.05, 0.1) is 5.60 Å². The quantitative estimate of drug-likeness (QED) is 0.377. The molecule has 0 heterocycles. The van der Waals surface area contributed by atoms with Gasteiger partial charge < -0.3 is 9.67 Å². The van der Waals surface area contributed by atoms with Crippen molar-refractivity contribution in [3.8, 4) is 0 Å². The number of benzene rings is 4.